The molecule has 2 aromatic rings. The second-order valence-electron chi connectivity index (χ2n) is 6.30. The maximum atomic E-state index is 4.14. The second kappa shape index (κ2) is 5.70. The van der Waals surface area contributed by atoms with E-state index in [1.165, 1.54) is 16.3 Å². The lowest BCUT2D eigenvalue weighted by Crippen LogP contribution is -2.33. The summed E-state index contributed by atoms with van der Waals surface area (Å²) in [6.07, 6.45) is 3.76. The Balaban J connectivity index is 1.98. The van der Waals surface area contributed by atoms with Gasteiger partial charge >= 0.3 is 0 Å². The third-order valence-electron chi connectivity index (χ3n) is 4.18. The first kappa shape index (κ1) is 14.0. The van der Waals surface area contributed by atoms with Crippen LogP contribution in [0, 0.1) is 11.3 Å². The van der Waals surface area contributed by atoms with Gasteiger partial charge in [-0.2, -0.15) is 0 Å². The summed E-state index contributed by atoms with van der Waals surface area (Å²) in [5, 5.41) is 6.04. The molecule has 1 heterocycles. The molecular weight excluding hydrogens is 232 g/mol. The van der Waals surface area contributed by atoms with E-state index in [-0.39, 0.29) is 0 Å². The van der Waals surface area contributed by atoms with Crippen molar-refractivity contribution >= 4 is 10.8 Å². The minimum atomic E-state index is 0.334. The van der Waals surface area contributed by atoms with E-state index in [4.69, 9.17) is 0 Å². The average Bonchev–Trinajstić information content (AvgIpc) is 2.38. The quantitative estimate of drug-likeness (QED) is 0.874. The fourth-order valence-corrected chi connectivity index (χ4v) is 1.98. The fraction of sp³-hybridized carbons (Fsp3) is 0.471. The molecule has 1 aromatic heterocycles. The van der Waals surface area contributed by atoms with Crippen LogP contribution < -0.4 is 5.32 Å². The largest absolute Gasteiger partial charge is 0.312 e. The van der Waals surface area contributed by atoms with E-state index < -0.39 is 0 Å². The molecule has 0 spiro atoms. The third-order valence-corrected chi connectivity index (χ3v) is 4.18. The van der Waals surface area contributed by atoms with Gasteiger partial charge in [0.1, 0.15) is 0 Å². The van der Waals surface area contributed by atoms with E-state index in [1.54, 1.807) is 0 Å². The van der Waals surface area contributed by atoms with Crippen LogP contribution in [0.3, 0.4) is 0 Å². The van der Waals surface area contributed by atoms with Crippen LogP contribution in [-0.4, -0.2) is 11.5 Å². The Hall–Kier alpha value is -1.41. The van der Waals surface area contributed by atoms with E-state index in [0.717, 1.165) is 13.1 Å². The van der Waals surface area contributed by atoms with Crippen LogP contribution in [0.25, 0.3) is 10.8 Å². The van der Waals surface area contributed by atoms with Crippen molar-refractivity contribution < 1.29 is 0 Å². The second-order valence-corrected chi connectivity index (χ2v) is 6.30. The Labute approximate surface area is 116 Å². The number of aromatic nitrogens is 1. The van der Waals surface area contributed by atoms with Crippen LogP contribution in [0.5, 0.6) is 0 Å². The maximum Gasteiger partial charge on any atom is 0.0346 e. The molecule has 0 unspecified atom stereocenters. The zero-order valence-electron chi connectivity index (χ0n) is 12.4. The normalized spacial score (nSPS) is 12.3. The number of nitrogens with one attached hydrogen (secondary N) is 1. The highest BCUT2D eigenvalue weighted by Crippen LogP contribution is 2.24. The van der Waals surface area contributed by atoms with E-state index in [0.29, 0.717) is 11.3 Å². The molecule has 2 nitrogen and oxygen atoms in total. The highest BCUT2D eigenvalue weighted by Gasteiger charge is 2.21. The van der Waals surface area contributed by atoms with Crippen LogP contribution in [0.4, 0.5) is 0 Å². The lowest BCUT2D eigenvalue weighted by atomic mass is 9.81. The number of nitrogens with zero attached hydrogens (tertiary/aromatic N) is 1. The summed E-state index contributed by atoms with van der Waals surface area (Å²) >= 11 is 0. The Morgan fingerprint density at radius 2 is 1.95 bits per heavy atom. The number of hydrogen-bond acceptors (Lipinski definition) is 2. The van der Waals surface area contributed by atoms with Gasteiger partial charge in [0, 0.05) is 30.9 Å². The summed E-state index contributed by atoms with van der Waals surface area (Å²) in [4.78, 5) is 4.14. The van der Waals surface area contributed by atoms with Gasteiger partial charge in [0.15, 0.2) is 0 Å². The van der Waals surface area contributed by atoms with Gasteiger partial charge in [-0.1, -0.05) is 39.8 Å². The summed E-state index contributed by atoms with van der Waals surface area (Å²) in [7, 11) is 0. The first-order valence-electron chi connectivity index (χ1n) is 7.02. The Kier molecular flexibility index (Phi) is 4.20. The highest BCUT2D eigenvalue weighted by molar-refractivity contribution is 5.81. The molecule has 0 saturated carbocycles. The molecule has 2 heteroatoms. The van der Waals surface area contributed by atoms with Crippen molar-refractivity contribution in [2.45, 2.75) is 34.2 Å². The molecule has 19 heavy (non-hydrogen) atoms. The summed E-state index contributed by atoms with van der Waals surface area (Å²) in [6, 6.07) is 8.63. The van der Waals surface area contributed by atoms with Crippen molar-refractivity contribution in [3.8, 4) is 0 Å². The third kappa shape index (κ3) is 3.54. The van der Waals surface area contributed by atoms with Gasteiger partial charge in [0.25, 0.3) is 0 Å². The lowest BCUT2D eigenvalue weighted by molar-refractivity contribution is 0.238. The monoisotopic (exact) mass is 256 g/mol. The van der Waals surface area contributed by atoms with Crippen LogP contribution in [0.15, 0.2) is 36.7 Å². The van der Waals surface area contributed by atoms with E-state index in [2.05, 4.69) is 62.3 Å². The number of benzene rings is 1. The molecule has 0 atom stereocenters. The lowest BCUT2D eigenvalue weighted by Gasteiger charge is -2.29. The summed E-state index contributed by atoms with van der Waals surface area (Å²) in [6.45, 7) is 11.2. The number of fused-ring (bicyclic) bond motifs is 1. The van der Waals surface area contributed by atoms with Crippen molar-refractivity contribution in [3.63, 3.8) is 0 Å². The van der Waals surface area contributed by atoms with Crippen molar-refractivity contribution in [1.29, 1.82) is 0 Å². The van der Waals surface area contributed by atoms with E-state index in [1.807, 2.05) is 12.4 Å². The van der Waals surface area contributed by atoms with Crippen LogP contribution in [0.2, 0.25) is 0 Å². The smallest absolute Gasteiger partial charge is 0.0346 e. The molecule has 2 rings (SSSR count). The Morgan fingerprint density at radius 3 is 2.68 bits per heavy atom. The van der Waals surface area contributed by atoms with E-state index >= 15 is 0 Å². The standard InChI is InChI=1S/C17H24N2/c1-13(2)17(3,4)12-19-10-14-5-6-16-11-18-8-7-15(16)9-14/h5-9,11,13,19H,10,12H2,1-4H3. The topological polar surface area (TPSA) is 24.9 Å². The first-order valence-corrected chi connectivity index (χ1v) is 7.02. The van der Waals surface area contributed by atoms with Gasteiger partial charge < -0.3 is 5.32 Å². The van der Waals surface area contributed by atoms with Gasteiger partial charge in [-0.15, -0.1) is 0 Å². The Bertz CT molecular complexity index is 544. The summed E-state index contributed by atoms with van der Waals surface area (Å²) in [5.74, 6) is 0.683. The number of pyridine rings is 1. The molecule has 102 valence electrons. The van der Waals surface area contributed by atoms with Crippen molar-refractivity contribution in [1.82, 2.24) is 10.3 Å². The zero-order chi connectivity index (χ0) is 13.9. The predicted octanol–water partition coefficient (Wildman–Crippen LogP) is 4.01. The zero-order valence-corrected chi connectivity index (χ0v) is 12.4. The molecule has 0 aliphatic heterocycles. The number of hydrogen-bond donors (Lipinski definition) is 1. The van der Waals surface area contributed by atoms with Crippen LogP contribution in [-0.2, 0) is 6.54 Å². The van der Waals surface area contributed by atoms with Gasteiger partial charge in [-0.3, -0.25) is 4.98 Å². The van der Waals surface area contributed by atoms with Crippen LogP contribution in [0.1, 0.15) is 33.3 Å². The van der Waals surface area contributed by atoms with E-state index in [9.17, 15) is 0 Å². The van der Waals surface area contributed by atoms with Crippen molar-refractivity contribution in [2.24, 2.45) is 11.3 Å². The molecule has 0 bridgehead atoms. The number of rotatable bonds is 5. The van der Waals surface area contributed by atoms with Crippen molar-refractivity contribution in [3.05, 3.63) is 42.2 Å². The molecule has 0 aliphatic carbocycles. The molecule has 0 aliphatic rings. The van der Waals surface area contributed by atoms with Gasteiger partial charge in [-0.25, -0.2) is 0 Å². The maximum absolute atomic E-state index is 4.14. The fourth-order valence-electron chi connectivity index (χ4n) is 1.98. The highest BCUT2D eigenvalue weighted by atomic mass is 14.9. The molecule has 0 amide bonds. The van der Waals surface area contributed by atoms with Gasteiger partial charge in [-0.05, 0) is 34.4 Å². The molecule has 1 aromatic carbocycles. The minimum Gasteiger partial charge on any atom is -0.312 e. The Morgan fingerprint density at radius 1 is 1.16 bits per heavy atom. The first-order chi connectivity index (χ1) is 8.99. The van der Waals surface area contributed by atoms with Crippen molar-refractivity contribution in [2.75, 3.05) is 6.54 Å². The molecule has 1 N–H and O–H groups in total. The average molecular weight is 256 g/mol. The molecular formula is C17H24N2. The van der Waals surface area contributed by atoms with Crippen LogP contribution >= 0.6 is 0 Å². The minimum absolute atomic E-state index is 0.334. The molecule has 0 fully saturated rings. The SMILES string of the molecule is CC(C)C(C)(C)CNCc1ccc2cnccc2c1. The predicted molar refractivity (Wildman–Crippen MR) is 82.1 cm³/mol. The van der Waals surface area contributed by atoms with Gasteiger partial charge in [0.2, 0.25) is 0 Å². The molecule has 0 saturated heterocycles. The summed E-state index contributed by atoms with van der Waals surface area (Å²) in [5.41, 5.74) is 1.67. The summed E-state index contributed by atoms with van der Waals surface area (Å²) < 4.78 is 0. The molecule has 0 radical (unpaired) electrons. The van der Waals surface area contributed by atoms with Gasteiger partial charge in [0.05, 0.1) is 0 Å².